The number of alkyl halides is 3. The molecule has 0 unspecified atom stereocenters. The molecular formula is C16H11F3N2O3. The fraction of sp³-hybridized carbons (Fsp3) is 0.0625. The Bertz CT molecular complexity index is 861. The molecular weight excluding hydrogens is 325 g/mol. The summed E-state index contributed by atoms with van der Waals surface area (Å²) in [4.78, 5) is 17.7. The monoisotopic (exact) mass is 336 g/mol. The molecule has 1 aromatic carbocycles. The molecule has 2 aromatic heterocycles. The lowest BCUT2D eigenvalue weighted by Crippen LogP contribution is -2.12. The summed E-state index contributed by atoms with van der Waals surface area (Å²) in [5, 5.41) is 18.7. The summed E-state index contributed by atoms with van der Waals surface area (Å²) in [5.41, 5.74) is -1.36. The molecule has 24 heavy (non-hydrogen) atoms. The maximum Gasteiger partial charge on any atom is 0.417 e. The van der Waals surface area contributed by atoms with Crippen molar-refractivity contribution in [2.24, 2.45) is 0 Å². The van der Waals surface area contributed by atoms with Crippen molar-refractivity contribution in [3.8, 4) is 5.75 Å². The first kappa shape index (κ1) is 17.2. The molecule has 0 aliphatic carbocycles. The van der Waals surface area contributed by atoms with E-state index in [0.717, 1.165) is 11.6 Å². The topological polar surface area (TPSA) is 83.3 Å². The van der Waals surface area contributed by atoms with Crippen LogP contribution >= 0.6 is 0 Å². The number of pyridine rings is 2. The van der Waals surface area contributed by atoms with E-state index in [9.17, 15) is 23.1 Å². The number of phenolic OH excluding ortho intramolecular Hbond substituents is 1. The third-order valence-corrected chi connectivity index (χ3v) is 2.97. The van der Waals surface area contributed by atoms with Crippen LogP contribution in [0.5, 0.6) is 5.75 Å². The number of carbonyl (C=O) groups is 1. The third kappa shape index (κ3) is 3.97. The largest absolute Gasteiger partial charge is 0.506 e. The van der Waals surface area contributed by atoms with Crippen LogP contribution in [0, 0.1) is 0 Å². The zero-order valence-electron chi connectivity index (χ0n) is 12.0. The van der Waals surface area contributed by atoms with Crippen molar-refractivity contribution in [1.82, 2.24) is 9.97 Å². The molecule has 2 heterocycles. The third-order valence-electron chi connectivity index (χ3n) is 2.97. The molecule has 124 valence electrons. The predicted molar refractivity (Wildman–Crippen MR) is 79.6 cm³/mol. The lowest BCUT2D eigenvalue weighted by molar-refractivity contribution is -0.138. The summed E-state index contributed by atoms with van der Waals surface area (Å²) in [6, 6.07) is 9.75. The lowest BCUT2D eigenvalue weighted by atomic mass is 10.1. The van der Waals surface area contributed by atoms with E-state index in [1.165, 1.54) is 0 Å². The van der Waals surface area contributed by atoms with Crippen LogP contribution in [-0.4, -0.2) is 26.2 Å². The minimum atomic E-state index is -4.66. The first-order valence-electron chi connectivity index (χ1n) is 6.58. The van der Waals surface area contributed by atoms with Crippen LogP contribution in [0.15, 0.2) is 55.0 Å². The number of hydrogen-bond donors (Lipinski definition) is 2. The molecule has 0 fully saturated rings. The van der Waals surface area contributed by atoms with Crippen LogP contribution in [-0.2, 0) is 6.18 Å². The summed E-state index contributed by atoms with van der Waals surface area (Å²) in [6.07, 6.45) is -1.42. The molecule has 0 atom stereocenters. The maximum atomic E-state index is 12.1. The van der Waals surface area contributed by atoms with Gasteiger partial charge in [0, 0.05) is 24.0 Å². The first-order valence-corrected chi connectivity index (χ1v) is 6.58. The number of phenols is 1. The highest BCUT2D eigenvalue weighted by Crippen LogP contribution is 2.31. The standard InChI is InChI=1S/C9H7NO.C7H4F3NO2/c11-8-5-1-3-7-4-2-6-10-9(7)8;8-7(9,10)5-1-2-11-3-4(5)6(12)13/h1-6,11H;1-3H,(H,12,13). The van der Waals surface area contributed by atoms with Gasteiger partial charge in [-0.05, 0) is 18.2 Å². The van der Waals surface area contributed by atoms with Gasteiger partial charge in [-0.25, -0.2) is 4.79 Å². The van der Waals surface area contributed by atoms with Gasteiger partial charge in [0.05, 0.1) is 11.1 Å². The average Bonchev–Trinajstić information content (AvgIpc) is 2.55. The molecule has 3 aromatic rings. The predicted octanol–water partition coefficient (Wildman–Crippen LogP) is 3.74. The number of aromatic nitrogens is 2. The zero-order chi connectivity index (χ0) is 17.7. The van der Waals surface area contributed by atoms with E-state index < -0.39 is 23.3 Å². The van der Waals surface area contributed by atoms with Crippen molar-refractivity contribution in [1.29, 1.82) is 0 Å². The number of halogens is 3. The lowest BCUT2D eigenvalue weighted by Gasteiger charge is -2.08. The smallest absolute Gasteiger partial charge is 0.417 e. The molecule has 0 radical (unpaired) electrons. The summed E-state index contributed by atoms with van der Waals surface area (Å²) < 4.78 is 36.4. The molecule has 2 N–H and O–H groups in total. The Kier molecular flexibility index (Phi) is 4.98. The average molecular weight is 336 g/mol. The van der Waals surface area contributed by atoms with Gasteiger partial charge in [0.1, 0.15) is 11.3 Å². The Morgan fingerprint density at radius 3 is 2.33 bits per heavy atom. The van der Waals surface area contributed by atoms with Gasteiger partial charge >= 0.3 is 12.1 Å². The van der Waals surface area contributed by atoms with Crippen LogP contribution in [0.2, 0.25) is 0 Å². The molecule has 0 amide bonds. The van der Waals surface area contributed by atoms with Gasteiger partial charge < -0.3 is 10.2 Å². The number of aromatic carboxylic acids is 1. The number of carboxylic acids is 1. The zero-order valence-corrected chi connectivity index (χ0v) is 12.0. The number of fused-ring (bicyclic) bond motifs is 1. The highest BCUT2D eigenvalue weighted by atomic mass is 19.4. The molecule has 0 bridgehead atoms. The molecule has 0 spiro atoms. The van der Waals surface area contributed by atoms with E-state index in [4.69, 9.17) is 5.11 Å². The van der Waals surface area contributed by atoms with E-state index in [0.29, 0.717) is 17.8 Å². The molecule has 8 heteroatoms. The van der Waals surface area contributed by atoms with Crippen LogP contribution in [0.1, 0.15) is 15.9 Å². The number of carboxylic acid groups (broad SMARTS) is 1. The van der Waals surface area contributed by atoms with Crippen molar-refractivity contribution < 1.29 is 28.2 Å². The Labute approximate surface area is 134 Å². The summed E-state index contributed by atoms with van der Waals surface area (Å²) >= 11 is 0. The first-order chi connectivity index (χ1) is 11.3. The SMILES string of the molecule is O=C(O)c1cnccc1C(F)(F)F.Oc1cccc2cccnc12. The van der Waals surface area contributed by atoms with Crippen LogP contribution < -0.4 is 0 Å². The van der Waals surface area contributed by atoms with Gasteiger partial charge in [0.2, 0.25) is 0 Å². The number of para-hydroxylation sites is 1. The number of rotatable bonds is 1. The summed E-state index contributed by atoms with van der Waals surface area (Å²) in [6.45, 7) is 0. The van der Waals surface area contributed by atoms with Gasteiger partial charge in [0.25, 0.3) is 0 Å². The van der Waals surface area contributed by atoms with E-state index in [1.54, 1.807) is 18.3 Å². The second-order valence-corrected chi connectivity index (χ2v) is 4.58. The molecule has 3 rings (SSSR count). The Balaban J connectivity index is 0.000000175. The molecule has 0 saturated carbocycles. The van der Waals surface area contributed by atoms with Crippen molar-refractivity contribution in [2.75, 3.05) is 0 Å². The van der Waals surface area contributed by atoms with Gasteiger partial charge in [-0.2, -0.15) is 13.2 Å². The fourth-order valence-electron chi connectivity index (χ4n) is 1.90. The number of aromatic hydroxyl groups is 1. The normalized spacial score (nSPS) is 10.8. The quantitative estimate of drug-likeness (QED) is 0.707. The van der Waals surface area contributed by atoms with Gasteiger partial charge in [0.15, 0.2) is 0 Å². The summed E-state index contributed by atoms with van der Waals surface area (Å²) in [5.74, 6) is -1.40. The van der Waals surface area contributed by atoms with E-state index >= 15 is 0 Å². The Morgan fingerprint density at radius 1 is 1.04 bits per heavy atom. The maximum absolute atomic E-state index is 12.1. The van der Waals surface area contributed by atoms with Crippen LogP contribution in [0.25, 0.3) is 10.9 Å². The second-order valence-electron chi connectivity index (χ2n) is 4.58. The molecule has 0 saturated heterocycles. The van der Waals surface area contributed by atoms with Crippen LogP contribution in [0.4, 0.5) is 13.2 Å². The molecule has 0 aliphatic heterocycles. The number of benzene rings is 1. The number of hydrogen-bond acceptors (Lipinski definition) is 4. The summed E-state index contributed by atoms with van der Waals surface area (Å²) in [7, 11) is 0. The van der Waals surface area contributed by atoms with Crippen molar-refractivity contribution >= 4 is 16.9 Å². The van der Waals surface area contributed by atoms with Gasteiger partial charge in [-0.3, -0.25) is 9.97 Å². The van der Waals surface area contributed by atoms with E-state index in [1.807, 2.05) is 18.2 Å². The minimum absolute atomic E-state index is 0.239. The Morgan fingerprint density at radius 2 is 1.75 bits per heavy atom. The second kappa shape index (κ2) is 6.95. The van der Waals surface area contributed by atoms with Crippen molar-refractivity contribution in [3.63, 3.8) is 0 Å². The van der Waals surface area contributed by atoms with E-state index in [2.05, 4.69) is 9.97 Å². The van der Waals surface area contributed by atoms with Crippen molar-refractivity contribution in [2.45, 2.75) is 6.18 Å². The fourth-order valence-corrected chi connectivity index (χ4v) is 1.90. The molecule has 5 nitrogen and oxygen atoms in total. The molecule has 0 aliphatic rings. The van der Waals surface area contributed by atoms with Gasteiger partial charge in [-0.15, -0.1) is 0 Å². The van der Waals surface area contributed by atoms with Gasteiger partial charge in [-0.1, -0.05) is 18.2 Å². The Hall–Kier alpha value is -3.16. The minimum Gasteiger partial charge on any atom is -0.506 e. The van der Waals surface area contributed by atoms with Crippen LogP contribution in [0.3, 0.4) is 0 Å². The highest BCUT2D eigenvalue weighted by molar-refractivity contribution is 5.89. The van der Waals surface area contributed by atoms with Crippen molar-refractivity contribution in [3.05, 3.63) is 66.1 Å². The number of nitrogens with zero attached hydrogens (tertiary/aromatic N) is 2. The highest BCUT2D eigenvalue weighted by Gasteiger charge is 2.35. The van der Waals surface area contributed by atoms with E-state index in [-0.39, 0.29) is 5.75 Å².